The van der Waals surface area contributed by atoms with Gasteiger partial charge in [-0.3, -0.25) is 14.4 Å². The first kappa shape index (κ1) is 29.2. The van der Waals surface area contributed by atoms with Crippen molar-refractivity contribution in [2.75, 3.05) is 5.75 Å². The maximum absolute atomic E-state index is 13.2. The fourth-order valence-electron chi connectivity index (χ4n) is 3.73. The Morgan fingerprint density at radius 1 is 0.944 bits per heavy atom. The number of carboxylic acids is 1. The molecule has 10 nitrogen and oxygen atoms in total. The first-order valence-electron chi connectivity index (χ1n) is 12.0. The molecule has 0 aliphatic rings. The Balaban J connectivity index is 2.28. The van der Waals surface area contributed by atoms with E-state index < -0.39 is 47.9 Å². The van der Waals surface area contributed by atoms with Crippen LogP contribution in [0.1, 0.15) is 39.7 Å². The third-order valence-electron chi connectivity index (χ3n) is 5.89. The van der Waals surface area contributed by atoms with E-state index in [4.69, 9.17) is 5.73 Å². The van der Waals surface area contributed by atoms with E-state index in [1.54, 1.807) is 20.0 Å². The number of nitrogens with two attached hydrogens (primary N) is 1. The van der Waals surface area contributed by atoms with Gasteiger partial charge in [-0.1, -0.05) is 45.9 Å². The number of aliphatic carboxylic acids is 1. The number of hydrogen-bond acceptors (Lipinski definition) is 6. The van der Waals surface area contributed by atoms with Gasteiger partial charge in [-0.2, -0.15) is 12.6 Å². The molecule has 2 aromatic rings. The van der Waals surface area contributed by atoms with E-state index in [-0.39, 0.29) is 30.4 Å². The SMILES string of the molecule is CC(C)CC(NC(=O)C(Cc1c[nH]c2ccccc12)NC(=O)C(CS)NC(=O)C(N)C(C)C)C(=O)O. The van der Waals surface area contributed by atoms with Gasteiger partial charge in [0.25, 0.3) is 0 Å². The highest BCUT2D eigenvalue weighted by molar-refractivity contribution is 7.80. The Kier molecular flexibility index (Phi) is 10.8. The summed E-state index contributed by atoms with van der Waals surface area (Å²) in [5.74, 6) is -3.04. The van der Waals surface area contributed by atoms with Gasteiger partial charge in [0.05, 0.1) is 6.04 Å². The predicted octanol–water partition coefficient (Wildman–Crippen LogP) is 1.21. The molecule has 36 heavy (non-hydrogen) atoms. The molecule has 198 valence electrons. The van der Waals surface area contributed by atoms with Gasteiger partial charge in [0.2, 0.25) is 17.7 Å². The van der Waals surface area contributed by atoms with Crippen molar-refractivity contribution in [1.29, 1.82) is 0 Å². The quantitative estimate of drug-likeness (QED) is 0.196. The molecular formula is C25H37N5O5S. The maximum atomic E-state index is 13.2. The lowest BCUT2D eigenvalue weighted by atomic mass is 10.0. The third kappa shape index (κ3) is 7.99. The maximum Gasteiger partial charge on any atom is 0.326 e. The van der Waals surface area contributed by atoms with Gasteiger partial charge in [0, 0.05) is 29.3 Å². The number of fused-ring (bicyclic) bond motifs is 1. The molecule has 4 atom stereocenters. The predicted molar refractivity (Wildman–Crippen MR) is 142 cm³/mol. The molecule has 0 saturated heterocycles. The molecule has 0 aliphatic carbocycles. The summed E-state index contributed by atoms with van der Waals surface area (Å²) in [5, 5.41) is 18.3. The van der Waals surface area contributed by atoms with Crippen molar-refractivity contribution in [2.45, 2.75) is 64.7 Å². The first-order valence-corrected chi connectivity index (χ1v) is 12.6. The number of amides is 3. The van der Waals surface area contributed by atoms with E-state index in [0.29, 0.717) is 0 Å². The molecule has 11 heteroatoms. The number of benzene rings is 1. The van der Waals surface area contributed by atoms with Gasteiger partial charge in [-0.15, -0.1) is 0 Å². The molecule has 1 aromatic carbocycles. The Morgan fingerprint density at radius 3 is 2.11 bits per heavy atom. The summed E-state index contributed by atoms with van der Waals surface area (Å²) in [6.07, 6.45) is 2.09. The van der Waals surface area contributed by atoms with Crippen LogP contribution in [0, 0.1) is 11.8 Å². The molecule has 0 bridgehead atoms. The van der Waals surface area contributed by atoms with Crippen LogP contribution in [0.5, 0.6) is 0 Å². The lowest BCUT2D eigenvalue weighted by Gasteiger charge is -2.25. The summed E-state index contributed by atoms with van der Waals surface area (Å²) in [4.78, 5) is 53.6. The number of nitrogens with one attached hydrogen (secondary N) is 4. The fraction of sp³-hybridized carbons (Fsp3) is 0.520. The number of thiol groups is 1. The van der Waals surface area contributed by atoms with Crippen LogP contribution < -0.4 is 21.7 Å². The van der Waals surface area contributed by atoms with Crippen molar-refractivity contribution in [3.63, 3.8) is 0 Å². The van der Waals surface area contributed by atoms with E-state index >= 15 is 0 Å². The highest BCUT2D eigenvalue weighted by atomic mass is 32.1. The molecule has 0 spiro atoms. The van der Waals surface area contributed by atoms with Gasteiger partial charge in [0.15, 0.2) is 0 Å². The largest absolute Gasteiger partial charge is 0.480 e. The van der Waals surface area contributed by atoms with Gasteiger partial charge in [-0.25, -0.2) is 4.79 Å². The number of aromatic amines is 1. The van der Waals surface area contributed by atoms with Gasteiger partial charge in [0.1, 0.15) is 18.1 Å². The Bertz CT molecular complexity index is 1070. The number of aromatic nitrogens is 1. The number of carbonyl (C=O) groups is 4. The van der Waals surface area contributed by atoms with E-state index in [0.717, 1.165) is 16.5 Å². The summed E-state index contributed by atoms with van der Waals surface area (Å²) in [5.41, 5.74) is 7.53. The number of carboxylic acid groups (broad SMARTS) is 1. The Morgan fingerprint density at radius 2 is 1.53 bits per heavy atom. The molecule has 7 N–H and O–H groups in total. The van der Waals surface area contributed by atoms with Crippen molar-refractivity contribution in [2.24, 2.45) is 17.6 Å². The van der Waals surface area contributed by atoms with E-state index in [9.17, 15) is 24.3 Å². The van der Waals surface area contributed by atoms with Crippen LogP contribution in [0.25, 0.3) is 10.9 Å². The zero-order chi connectivity index (χ0) is 27.0. The van der Waals surface area contributed by atoms with E-state index in [2.05, 4.69) is 33.6 Å². The first-order chi connectivity index (χ1) is 16.9. The average Bonchev–Trinajstić information content (AvgIpc) is 3.23. The lowest BCUT2D eigenvalue weighted by Crippen LogP contribution is -2.58. The smallest absolute Gasteiger partial charge is 0.326 e. The van der Waals surface area contributed by atoms with Crippen LogP contribution in [0.3, 0.4) is 0 Å². The minimum Gasteiger partial charge on any atom is -0.480 e. The van der Waals surface area contributed by atoms with Crippen molar-refractivity contribution in [1.82, 2.24) is 20.9 Å². The van der Waals surface area contributed by atoms with E-state index in [1.807, 2.05) is 38.1 Å². The van der Waals surface area contributed by atoms with E-state index in [1.165, 1.54) is 0 Å². The summed E-state index contributed by atoms with van der Waals surface area (Å²) in [6, 6.07) is 3.47. The molecular weight excluding hydrogens is 482 g/mol. The summed E-state index contributed by atoms with van der Waals surface area (Å²) >= 11 is 4.18. The second kappa shape index (κ2) is 13.3. The molecule has 0 aliphatic heterocycles. The van der Waals surface area contributed by atoms with Crippen molar-refractivity contribution in [3.05, 3.63) is 36.0 Å². The van der Waals surface area contributed by atoms with Crippen LogP contribution in [0.2, 0.25) is 0 Å². The monoisotopic (exact) mass is 519 g/mol. The zero-order valence-electron chi connectivity index (χ0n) is 21.1. The number of hydrogen-bond donors (Lipinski definition) is 7. The Hall–Kier alpha value is -3.05. The highest BCUT2D eigenvalue weighted by Crippen LogP contribution is 2.19. The average molecular weight is 520 g/mol. The molecule has 0 saturated carbocycles. The molecule has 1 heterocycles. The number of rotatable bonds is 13. The molecule has 2 rings (SSSR count). The second-order valence-electron chi connectivity index (χ2n) is 9.67. The third-order valence-corrected chi connectivity index (χ3v) is 6.26. The number of H-pyrrole nitrogens is 1. The van der Waals surface area contributed by atoms with Crippen LogP contribution in [0.4, 0.5) is 0 Å². The van der Waals surface area contributed by atoms with Gasteiger partial charge >= 0.3 is 5.97 Å². The summed E-state index contributed by atoms with van der Waals surface area (Å²) in [7, 11) is 0. The number of para-hydroxylation sites is 1. The molecule has 3 amide bonds. The molecule has 4 unspecified atom stereocenters. The standard InChI is InChI=1S/C25H37N5O5S/c1-13(2)9-19(25(34)35)29-22(31)18(10-15-11-27-17-8-6-5-7-16(15)17)28-23(32)20(12-36)30-24(33)21(26)14(3)4/h5-8,11,13-14,18-21,27,36H,9-10,12,26H2,1-4H3,(H,28,32)(H,29,31)(H,30,33)(H,34,35). The topological polar surface area (TPSA) is 166 Å². The molecule has 0 radical (unpaired) electrons. The Labute approximate surface area is 216 Å². The minimum absolute atomic E-state index is 0.0189. The summed E-state index contributed by atoms with van der Waals surface area (Å²) < 4.78 is 0. The fourth-order valence-corrected chi connectivity index (χ4v) is 3.99. The van der Waals surface area contributed by atoms with Crippen LogP contribution in [-0.2, 0) is 25.6 Å². The van der Waals surface area contributed by atoms with Crippen LogP contribution in [0.15, 0.2) is 30.5 Å². The molecule has 1 aromatic heterocycles. The minimum atomic E-state index is -1.16. The van der Waals surface area contributed by atoms with Crippen LogP contribution >= 0.6 is 12.6 Å². The van der Waals surface area contributed by atoms with Crippen molar-refractivity contribution >= 4 is 47.2 Å². The van der Waals surface area contributed by atoms with Gasteiger partial charge < -0.3 is 31.8 Å². The van der Waals surface area contributed by atoms with Crippen LogP contribution in [-0.4, -0.2) is 63.7 Å². The highest BCUT2D eigenvalue weighted by Gasteiger charge is 2.31. The normalized spacial score (nSPS) is 14.8. The zero-order valence-corrected chi connectivity index (χ0v) is 22.0. The number of carbonyl (C=O) groups excluding carboxylic acids is 3. The lowest BCUT2D eigenvalue weighted by molar-refractivity contribution is -0.142. The van der Waals surface area contributed by atoms with Crippen molar-refractivity contribution in [3.8, 4) is 0 Å². The second-order valence-corrected chi connectivity index (χ2v) is 10.0. The van der Waals surface area contributed by atoms with Crippen molar-refractivity contribution < 1.29 is 24.3 Å². The van der Waals surface area contributed by atoms with Gasteiger partial charge in [-0.05, 0) is 29.9 Å². The summed E-state index contributed by atoms with van der Waals surface area (Å²) in [6.45, 7) is 7.29. The molecule has 0 fully saturated rings.